The van der Waals surface area contributed by atoms with E-state index in [1.807, 2.05) is 13.2 Å². The summed E-state index contributed by atoms with van der Waals surface area (Å²) in [5.41, 5.74) is 0. The van der Waals surface area contributed by atoms with E-state index in [4.69, 9.17) is 0 Å². The summed E-state index contributed by atoms with van der Waals surface area (Å²) in [7, 11) is 0. The van der Waals surface area contributed by atoms with Crippen molar-refractivity contribution in [2.75, 3.05) is 18.6 Å². The molecule has 0 saturated carbocycles. The highest BCUT2D eigenvalue weighted by atomic mass is 35.5. The molecule has 96 valence electrons. The number of carbonyl (C=O) groups excluding carboxylic acids is 1. The lowest BCUT2D eigenvalue weighted by Crippen LogP contribution is -2.53. The van der Waals surface area contributed by atoms with Crippen molar-refractivity contribution in [3.05, 3.63) is 0 Å². The lowest BCUT2D eigenvalue weighted by atomic mass is 9.99. The molecule has 1 fully saturated rings. The molecule has 1 aliphatic heterocycles. The van der Waals surface area contributed by atoms with Crippen molar-refractivity contribution in [3.8, 4) is 0 Å². The van der Waals surface area contributed by atoms with Gasteiger partial charge < -0.3 is 10.6 Å². The monoisotopic (exact) mass is 266 g/mol. The van der Waals surface area contributed by atoms with Crippen molar-refractivity contribution in [2.45, 2.75) is 38.8 Å². The molecule has 1 rings (SSSR count). The summed E-state index contributed by atoms with van der Waals surface area (Å²) in [5.74, 6) is 1.22. The topological polar surface area (TPSA) is 41.1 Å². The smallest absolute Gasteiger partial charge is 0.223 e. The minimum absolute atomic E-state index is 0. The first-order chi connectivity index (χ1) is 7.15. The first kappa shape index (κ1) is 16.1. The number of rotatable bonds is 4. The summed E-state index contributed by atoms with van der Waals surface area (Å²) in [6.45, 7) is 5.21. The van der Waals surface area contributed by atoms with E-state index >= 15 is 0 Å². The first-order valence-electron chi connectivity index (χ1n) is 5.68. The summed E-state index contributed by atoms with van der Waals surface area (Å²) < 4.78 is 0. The molecule has 3 unspecified atom stereocenters. The van der Waals surface area contributed by atoms with Crippen LogP contribution in [0.4, 0.5) is 0 Å². The second kappa shape index (κ2) is 8.20. The fourth-order valence-electron chi connectivity index (χ4n) is 1.89. The second-order valence-electron chi connectivity index (χ2n) is 4.36. The highest BCUT2D eigenvalue weighted by Gasteiger charge is 2.24. The predicted octanol–water partition coefficient (Wildman–Crippen LogP) is 1.66. The predicted molar refractivity (Wildman–Crippen MR) is 73.4 cm³/mol. The summed E-state index contributed by atoms with van der Waals surface area (Å²) in [6.07, 6.45) is 4.30. The Labute approximate surface area is 109 Å². The van der Waals surface area contributed by atoms with Gasteiger partial charge in [0.05, 0.1) is 0 Å². The van der Waals surface area contributed by atoms with Crippen LogP contribution in [0.5, 0.6) is 0 Å². The van der Waals surface area contributed by atoms with Crippen molar-refractivity contribution in [1.29, 1.82) is 0 Å². The minimum Gasteiger partial charge on any atom is -0.352 e. The van der Waals surface area contributed by atoms with Crippen LogP contribution in [0.2, 0.25) is 0 Å². The van der Waals surface area contributed by atoms with Gasteiger partial charge in [-0.3, -0.25) is 4.79 Å². The number of carbonyl (C=O) groups is 1. The Bertz CT molecular complexity index is 216. The fourth-order valence-corrected chi connectivity index (χ4v) is 2.54. The van der Waals surface area contributed by atoms with E-state index in [-0.39, 0.29) is 24.2 Å². The SMILES string of the molecule is CSCC(C)C(=O)NC1CCCNC1C.Cl. The molecule has 0 aromatic carbocycles. The number of thioether (sulfide) groups is 1. The number of piperidine rings is 1. The average molecular weight is 267 g/mol. The Morgan fingerprint density at radius 2 is 2.31 bits per heavy atom. The van der Waals surface area contributed by atoms with Crippen LogP contribution in [0, 0.1) is 5.92 Å². The van der Waals surface area contributed by atoms with Gasteiger partial charge in [0.1, 0.15) is 0 Å². The van der Waals surface area contributed by atoms with Crippen LogP contribution in [-0.2, 0) is 4.79 Å². The fraction of sp³-hybridized carbons (Fsp3) is 0.909. The highest BCUT2D eigenvalue weighted by molar-refractivity contribution is 7.98. The molecule has 1 amide bonds. The first-order valence-corrected chi connectivity index (χ1v) is 7.07. The van der Waals surface area contributed by atoms with Gasteiger partial charge in [0, 0.05) is 23.8 Å². The average Bonchev–Trinajstić information content (AvgIpc) is 2.21. The van der Waals surface area contributed by atoms with Gasteiger partial charge in [-0.15, -0.1) is 12.4 Å². The van der Waals surface area contributed by atoms with E-state index in [0.717, 1.165) is 25.1 Å². The maximum Gasteiger partial charge on any atom is 0.223 e. The number of amides is 1. The molecule has 0 spiro atoms. The third-order valence-electron chi connectivity index (χ3n) is 2.95. The molecule has 1 aliphatic rings. The van der Waals surface area contributed by atoms with Gasteiger partial charge in [0.2, 0.25) is 5.91 Å². The van der Waals surface area contributed by atoms with E-state index < -0.39 is 0 Å². The van der Waals surface area contributed by atoms with Crippen LogP contribution in [-0.4, -0.2) is 36.5 Å². The van der Waals surface area contributed by atoms with Gasteiger partial charge in [-0.25, -0.2) is 0 Å². The molecular formula is C11H23ClN2OS. The summed E-state index contributed by atoms with van der Waals surface area (Å²) in [5, 5.41) is 6.53. The van der Waals surface area contributed by atoms with Crippen LogP contribution in [0.3, 0.4) is 0 Å². The molecule has 16 heavy (non-hydrogen) atoms. The van der Waals surface area contributed by atoms with Crippen molar-refractivity contribution < 1.29 is 4.79 Å². The molecule has 0 aromatic rings. The van der Waals surface area contributed by atoms with E-state index in [1.165, 1.54) is 0 Å². The zero-order chi connectivity index (χ0) is 11.3. The molecule has 5 heteroatoms. The van der Waals surface area contributed by atoms with Gasteiger partial charge in [-0.05, 0) is 32.6 Å². The van der Waals surface area contributed by atoms with Crippen molar-refractivity contribution >= 4 is 30.1 Å². The van der Waals surface area contributed by atoms with E-state index in [9.17, 15) is 4.79 Å². The maximum atomic E-state index is 11.8. The van der Waals surface area contributed by atoms with Crippen molar-refractivity contribution in [3.63, 3.8) is 0 Å². The Kier molecular flexibility index (Phi) is 8.24. The third kappa shape index (κ3) is 4.93. The molecule has 0 aliphatic carbocycles. The van der Waals surface area contributed by atoms with E-state index in [1.54, 1.807) is 11.8 Å². The number of halogens is 1. The third-order valence-corrected chi connectivity index (χ3v) is 3.79. The van der Waals surface area contributed by atoms with Gasteiger partial charge in [-0.1, -0.05) is 6.92 Å². The maximum absolute atomic E-state index is 11.8. The Hall–Kier alpha value is 0.0700. The summed E-state index contributed by atoms with van der Waals surface area (Å²) in [4.78, 5) is 11.8. The van der Waals surface area contributed by atoms with E-state index in [0.29, 0.717) is 12.1 Å². The zero-order valence-corrected chi connectivity index (χ0v) is 11.9. The molecule has 1 heterocycles. The van der Waals surface area contributed by atoms with Crippen LogP contribution in [0.15, 0.2) is 0 Å². The molecule has 0 bridgehead atoms. The molecule has 0 aromatic heterocycles. The van der Waals surface area contributed by atoms with Gasteiger partial charge in [-0.2, -0.15) is 11.8 Å². The quantitative estimate of drug-likeness (QED) is 0.813. The Morgan fingerprint density at radius 1 is 1.62 bits per heavy atom. The van der Waals surface area contributed by atoms with Crippen LogP contribution < -0.4 is 10.6 Å². The largest absolute Gasteiger partial charge is 0.352 e. The standard InChI is InChI=1S/C11H22N2OS.ClH/c1-8(7-15-3)11(14)13-10-5-4-6-12-9(10)2;/h8-10,12H,4-7H2,1-3H3,(H,13,14);1H. The number of nitrogens with one attached hydrogen (secondary N) is 2. The highest BCUT2D eigenvalue weighted by Crippen LogP contribution is 2.10. The molecule has 3 atom stereocenters. The number of hydrogen-bond donors (Lipinski definition) is 2. The zero-order valence-electron chi connectivity index (χ0n) is 10.3. The van der Waals surface area contributed by atoms with E-state index in [2.05, 4.69) is 17.6 Å². The molecule has 1 saturated heterocycles. The number of hydrogen-bond acceptors (Lipinski definition) is 3. The van der Waals surface area contributed by atoms with Crippen LogP contribution in [0.25, 0.3) is 0 Å². The second-order valence-corrected chi connectivity index (χ2v) is 5.27. The lowest BCUT2D eigenvalue weighted by Gasteiger charge is -2.31. The molecule has 0 radical (unpaired) electrons. The van der Waals surface area contributed by atoms with Crippen LogP contribution in [0.1, 0.15) is 26.7 Å². The van der Waals surface area contributed by atoms with Gasteiger partial charge in [0.25, 0.3) is 0 Å². The van der Waals surface area contributed by atoms with Gasteiger partial charge >= 0.3 is 0 Å². The van der Waals surface area contributed by atoms with Crippen LogP contribution >= 0.6 is 24.2 Å². The van der Waals surface area contributed by atoms with Crippen molar-refractivity contribution in [2.24, 2.45) is 5.92 Å². The molecule has 3 nitrogen and oxygen atoms in total. The Balaban J connectivity index is 0.00000225. The minimum atomic E-state index is 0. The lowest BCUT2D eigenvalue weighted by molar-refractivity contribution is -0.124. The Morgan fingerprint density at radius 3 is 2.88 bits per heavy atom. The normalized spacial score (nSPS) is 26.7. The molecular weight excluding hydrogens is 244 g/mol. The summed E-state index contributed by atoms with van der Waals surface area (Å²) in [6, 6.07) is 0.722. The van der Waals surface area contributed by atoms with Crippen molar-refractivity contribution in [1.82, 2.24) is 10.6 Å². The van der Waals surface area contributed by atoms with Gasteiger partial charge in [0.15, 0.2) is 0 Å². The molecule has 2 N–H and O–H groups in total. The summed E-state index contributed by atoms with van der Waals surface area (Å²) >= 11 is 1.72.